The van der Waals surface area contributed by atoms with Gasteiger partial charge in [-0.25, -0.2) is 0 Å². The Bertz CT molecular complexity index is 83.3. The van der Waals surface area contributed by atoms with Crippen molar-refractivity contribution in [3.05, 3.63) is 0 Å². The van der Waals surface area contributed by atoms with E-state index in [1.54, 1.807) is 0 Å². The summed E-state index contributed by atoms with van der Waals surface area (Å²) in [6.07, 6.45) is 2.59. The summed E-state index contributed by atoms with van der Waals surface area (Å²) in [4.78, 5) is 2.58. The molecule has 0 aliphatic heterocycles. The molecule has 62 valence electrons. The van der Waals surface area contributed by atoms with Gasteiger partial charge in [0.25, 0.3) is 0 Å². The van der Waals surface area contributed by atoms with E-state index in [9.17, 15) is 0 Å². The molecule has 0 saturated carbocycles. The number of nitrogens with zero attached hydrogens (tertiary/aromatic N) is 1. The third kappa shape index (κ3) is 2.84. The molecular formula is C8H21NSi. The van der Waals surface area contributed by atoms with Gasteiger partial charge < -0.3 is 4.90 Å². The second-order valence-corrected chi connectivity index (χ2v) is 3.81. The van der Waals surface area contributed by atoms with Gasteiger partial charge in [-0.2, -0.15) is 0 Å². The van der Waals surface area contributed by atoms with E-state index in [4.69, 9.17) is 0 Å². The maximum atomic E-state index is 2.58. The van der Waals surface area contributed by atoms with Gasteiger partial charge in [0.15, 0.2) is 0 Å². The van der Waals surface area contributed by atoms with Crippen LogP contribution in [0.2, 0.25) is 0 Å². The molecule has 0 aromatic carbocycles. The predicted molar refractivity (Wildman–Crippen MR) is 51.5 cm³/mol. The minimum atomic E-state index is 0.729. The Morgan fingerprint density at radius 3 is 1.90 bits per heavy atom. The fraction of sp³-hybridized carbons (Fsp3) is 1.00. The zero-order chi connectivity index (χ0) is 8.15. The lowest BCUT2D eigenvalue weighted by Crippen LogP contribution is -2.39. The van der Waals surface area contributed by atoms with E-state index < -0.39 is 0 Å². The van der Waals surface area contributed by atoms with E-state index >= 15 is 0 Å². The average Bonchev–Trinajstić information content (AvgIpc) is 1.88. The summed E-state index contributed by atoms with van der Waals surface area (Å²) in [6, 6.07) is 1.50. The van der Waals surface area contributed by atoms with Gasteiger partial charge >= 0.3 is 0 Å². The van der Waals surface area contributed by atoms with Crippen LogP contribution in [0.4, 0.5) is 0 Å². The van der Waals surface area contributed by atoms with Gasteiger partial charge in [0.05, 0.1) is 0 Å². The van der Waals surface area contributed by atoms with Crippen LogP contribution in [0.3, 0.4) is 0 Å². The maximum absolute atomic E-state index is 2.58. The highest BCUT2D eigenvalue weighted by molar-refractivity contribution is 6.08. The lowest BCUT2D eigenvalue weighted by molar-refractivity contribution is 0.191. The first-order chi connectivity index (χ1) is 4.63. The first-order valence-corrected chi connectivity index (χ1v) is 5.80. The van der Waals surface area contributed by atoms with Crippen molar-refractivity contribution in [3.8, 4) is 0 Å². The molecule has 10 heavy (non-hydrogen) atoms. The lowest BCUT2D eigenvalue weighted by Gasteiger charge is -2.30. The first kappa shape index (κ1) is 10.2. The molecule has 0 aromatic rings. The monoisotopic (exact) mass is 159 g/mol. The molecule has 1 atom stereocenters. The molecular weight excluding hydrogens is 138 g/mol. The van der Waals surface area contributed by atoms with Gasteiger partial charge in [-0.05, 0) is 33.4 Å². The van der Waals surface area contributed by atoms with Crippen molar-refractivity contribution in [3.63, 3.8) is 0 Å². The predicted octanol–water partition coefficient (Wildman–Crippen LogP) is 0.818. The quantitative estimate of drug-likeness (QED) is 0.549. The van der Waals surface area contributed by atoms with Gasteiger partial charge in [0.1, 0.15) is 0 Å². The van der Waals surface area contributed by atoms with E-state index in [-0.39, 0.29) is 0 Å². The largest absolute Gasteiger partial charge is 0.302 e. The molecule has 0 amide bonds. The van der Waals surface area contributed by atoms with Gasteiger partial charge in [-0.15, -0.1) is 0 Å². The molecule has 0 N–H and O–H groups in total. The topological polar surface area (TPSA) is 3.24 Å². The Hall–Kier alpha value is 0.177. The summed E-state index contributed by atoms with van der Waals surface area (Å²) in [7, 11) is 1.30. The molecule has 0 rings (SSSR count). The van der Waals surface area contributed by atoms with Crippen LogP contribution in [-0.2, 0) is 0 Å². The second kappa shape index (κ2) is 4.91. The van der Waals surface area contributed by atoms with Crippen LogP contribution in [0.5, 0.6) is 0 Å². The Balaban J connectivity index is 3.80. The van der Waals surface area contributed by atoms with Crippen molar-refractivity contribution in [1.82, 2.24) is 4.90 Å². The van der Waals surface area contributed by atoms with E-state index in [1.165, 1.54) is 22.8 Å². The Morgan fingerprint density at radius 1 is 1.30 bits per heavy atom. The molecule has 0 heterocycles. The van der Waals surface area contributed by atoms with E-state index in [0.717, 1.165) is 12.1 Å². The SMILES string of the molecule is CCC(C)N(C[SiH3])C(C)C. The molecule has 1 nitrogen and oxygen atoms in total. The van der Waals surface area contributed by atoms with Gasteiger partial charge in [0, 0.05) is 22.3 Å². The Morgan fingerprint density at radius 2 is 1.80 bits per heavy atom. The second-order valence-electron chi connectivity index (χ2n) is 3.18. The highest BCUT2D eigenvalue weighted by atomic mass is 28.1. The molecule has 2 heteroatoms. The number of hydrogen-bond acceptors (Lipinski definition) is 1. The molecule has 0 bridgehead atoms. The normalized spacial score (nSPS) is 15.0. The molecule has 0 radical (unpaired) electrons. The van der Waals surface area contributed by atoms with Crippen LogP contribution >= 0.6 is 0 Å². The summed E-state index contributed by atoms with van der Waals surface area (Å²) in [5, 5.41) is 0. The van der Waals surface area contributed by atoms with Crippen LogP contribution in [0, 0.1) is 0 Å². The van der Waals surface area contributed by atoms with Gasteiger partial charge in [0.2, 0.25) is 0 Å². The van der Waals surface area contributed by atoms with Crippen LogP contribution in [-0.4, -0.2) is 33.4 Å². The van der Waals surface area contributed by atoms with E-state index in [1.807, 2.05) is 0 Å². The fourth-order valence-electron chi connectivity index (χ4n) is 1.42. The smallest absolute Gasteiger partial charge is 0.0205 e. The Labute approximate surface area is 68.2 Å². The summed E-state index contributed by atoms with van der Waals surface area (Å²) in [5.74, 6) is 0. The van der Waals surface area contributed by atoms with Crippen LogP contribution in [0.1, 0.15) is 34.1 Å². The van der Waals surface area contributed by atoms with E-state index in [0.29, 0.717) is 0 Å². The zero-order valence-corrected chi connectivity index (χ0v) is 10.0. The summed E-state index contributed by atoms with van der Waals surface area (Å²) in [5.41, 5.74) is 0. The highest BCUT2D eigenvalue weighted by Crippen LogP contribution is 2.05. The first-order valence-electron chi connectivity index (χ1n) is 4.39. The van der Waals surface area contributed by atoms with Crippen molar-refractivity contribution in [1.29, 1.82) is 0 Å². The fourth-order valence-corrected chi connectivity index (χ4v) is 2.77. The standard InChI is InChI=1S/C8H21NSi/c1-5-8(4)9(6-10)7(2)3/h7-8H,5-6H2,1-4,10H3. The third-order valence-corrected chi connectivity index (χ3v) is 2.92. The minimum Gasteiger partial charge on any atom is -0.302 e. The molecule has 0 aliphatic carbocycles. The van der Waals surface area contributed by atoms with Crippen molar-refractivity contribution in [2.24, 2.45) is 0 Å². The van der Waals surface area contributed by atoms with Crippen LogP contribution in [0.25, 0.3) is 0 Å². The number of rotatable bonds is 4. The van der Waals surface area contributed by atoms with Crippen molar-refractivity contribution < 1.29 is 0 Å². The van der Waals surface area contributed by atoms with Crippen molar-refractivity contribution in [2.75, 3.05) is 6.17 Å². The molecule has 1 unspecified atom stereocenters. The minimum absolute atomic E-state index is 0.729. The zero-order valence-electron chi connectivity index (χ0n) is 8.02. The van der Waals surface area contributed by atoms with E-state index in [2.05, 4.69) is 32.6 Å². The highest BCUT2D eigenvalue weighted by Gasteiger charge is 2.11. The maximum Gasteiger partial charge on any atom is 0.0205 e. The lowest BCUT2D eigenvalue weighted by atomic mass is 10.2. The third-order valence-electron chi connectivity index (χ3n) is 2.19. The molecule has 0 spiro atoms. The summed E-state index contributed by atoms with van der Waals surface area (Å²) >= 11 is 0. The Kier molecular flexibility index (Phi) is 5.00. The van der Waals surface area contributed by atoms with Gasteiger partial charge in [-0.1, -0.05) is 6.92 Å². The summed E-state index contributed by atoms with van der Waals surface area (Å²) < 4.78 is 0. The van der Waals surface area contributed by atoms with Crippen LogP contribution in [0.15, 0.2) is 0 Å². The van der Waals surface area contributed by atoms with Gasteiger partial charge in [-0.3, -0.25) is 0 Å². The molecule has 0 saturated heterocycles. The van der Waals surface area contributed by atoms with Crippen molar-refractivity contribution >= 4 is 10.2 Å². The van der Waals surface area contributed by atoms with Crippen LogP contribution < -0.4 is 0 Å². The number of hydrogen-bond donors (Lipinski definition) is 0. The average molecular weight is 159 g/mol. The molecule has 0 fully saturated rings. The molecule has 0 aliphatic rings. The molecule has 0 aromatic heterocycles. The summed E-state index contributed by atoms with van der Waals surface area (Å²) in [6.45, 7) is 9.14. The van der Waals surface area contributed by atoms with Crippen molar-refractivity contribution in [2.45, 2.75) is 46.2 Å².